The van der Waals surface area contributed by atoms with Crippen LogP contribution >= 0.6 is 0 Å². The summed E-state index contributed by atoms with van der Waals surface area (Å²) < 4.78 is 5.12. The molecule has 3 heteroatoms. The van der Waals surface area contributed by atoms with Gasteiger partial charge in [-0.1, -0.05) is 36.8 Å². The second-order valence-corrected chi connectivity index (χ2v) is 10.4. The maximum absolute atomic E-state index is 5.12. The zero-order valence-corrected chi connectivity index (χ0v) is 11.3. The summed E-state index contributed by atoms with van der Waals surface area (Å²) in [5, 5.41) is 3.81. The molecular formula is C13H17NOSi. The van der Waals surface area contributed by atoms with E-state index >= 15 is 0 Å². The fourth-order valence-corrected chi connectivity index (χ4v) is 2.33. The number of hydrogen-bond donors (Lipinski definition) is 0. The molecule has 1 heterocycles. The topological polar surface area (TPSA) is 26.0 Å². The monoisotopic (exact) mass is 231 g/mol. The van der Waals surface area contributed by atoms with Crippen LogP contribution in [0.5, 0.6) is 0 Å². The molecule has 2 nitrogen and oxygen atoms in total. The Morgan fingerprint density at radius 2 is 2.19 bits per heavy atom. The van der Waals surface area contributed by atoms with E-state index in [4.69, 9.17) is 4.52 Å². The number of nitrogens with zero attached hydrogens (tertiary/aromatic N) is 1. The third-order valence-corrected chi connectivity index (χ3v) is 3.43. The molecule has 1 aromatic heterocycles. The smallest absolute Gasteiger partial charge is 0.162 e. The van der Waals surface area contributed by atoms with Crippen LogP contribution < -0.4 is 0 Å². The summed E-state index contributed by atoms with van der Waals surface area (Å²) in [6.07, 6.45) is 6.82. The number of hydrogen-bond acceptors (Lipinski definition) is 2. The van der Waals surface area contributed by atoms with Crippen molar-refractivity contribution in [3.63, 3.8) is 0 Å². The lowest BCUT2D eigenvalue weighted by Gasteiger charge is -2.22. The lowest BCUT2D eigenvalue weighted by Crippen LogP contribution is -2.21. The van der Waals surface area contributed by atoms with Crippen molar-refractivity contribution in [2.45, 2.75) is 33.0 Å². The van der Waals surface area contributed by atoms with Crippen molar-refractivity contribution < 1.29 is 4.52 Å². The van der Waals surface area contributed by atoms with Gasteiger partial charge < -0.3 is 4.52 Å². The van der Waals surface area contributed by atoms with E-state index in [1.807, 2.05) is 6.08 Å². The first kappa shape index (κ1) is 11.2. The van der Waals surface area contributed by atoms with Gasteiger partial charge in [-0.2, -0.15) is 0 Å². The van der Waals surface area contributed by atoms with Gasteiger partial charge in [-0.15, -0.1) is 5.54 Å². The largest absolute Gasteiger partial charge is 0.357 e. The first-order valence-corrected chi connectivity index (χ1v) is 9.05. The number of allylic oxidation sites excluding steroid dienone is 1. The van der Waals surface area contributed by atoms with E-state index in [1.165, 1.54) is 0 Å². The van der Waals surface area contributed by atoms with Crippen LogP contribution in [0.1, 0.15) is 18.2 Å². The molecule has 0 spiro atoms. The quantitative estimate of drug-likeness (QED) is 0.506. The van der Waals surface area contributed by atoms with Crippen LogP contribution in [0, 0.1) is 16.9 Å². The van der Waals surface area contributed by atoms with Gasteiger partial charge in [-0.25, -0.2) is 0 Å². The molecule has 16 heavy (non-hydrogen) atoms. The van der Waals surface area contributed by atoms with Gasteiger partial charge in [0.2, 0.25) is 0 Å². The van der Waals surface area contributed by atoms with Gasteiger partial charge in [0.1, 0.15) is 8.07 Å². The average molecular weight is 231 g/mol. The fourth-order valence-electron chi connectivity index (χ4n) is 1.67. The normalized spacial score (nSPS) is 23.5. The number of rotatable bonds is 0. The lowest BCUT2D eigenvalue weighted by atomic mass is 9.81. The van der Waals surface area contributed by atoms with Crippen LogP contribution in [0.2, 0.25) is 19.6 Å². The molecule has 0 radical (unpaired) electrons. The van der Waals surface area contributed by atoms with Crippen molar-refractivity contribution in [3.8, 4) is 11.5 Å². The Bertz CT molecular complexity index is 484. The molecular weight excluding hydrogens is 214 g/mol. The minimum atomic E-state index is -1.30. The van der Waals surface area contributed by atoms with E-state index in [1.54, 1.807) is 6.20 Å². The van der Waals surface area contributed by atoms with Crippen LogP contribution in [-0.4, -0.2) is 13.2 Å². The molecule has 1 aromatic rings. The van der Waals surface area contributed by atoms with E-state index < -0.39 is 8.07 Å². The molecule has 0 aromatic carbocycles. The Morgan fingerprint density at radius 1 is 1.44 bits per heavy atom. The average Bonchev–Trinajstić information content (AvgIpc) is 2.61. The fraction of sp³-hybridized carbons (Fsp3) is 0.462. The van der Waals surface area contributed by atoms with E-state index in [0.29, 0.717) is 0 Å². The maximum atomic E-state index is 5.12. The van der Waals surface area contributed by atoms with Crippen molar-refractivity contribution >= 4 is 14.1 Å². The van der Waals surface area contributed by atoms with Gasteiger partial charge in [0.15, 0.2) is 5.76 Å². The Labute approximate surface area is 97.7 Å². The molecule has 0 bridgehead atoms. The molecule has 1 aliphatic carbocycles. The van der Waals surface area contributed by atoms with E-state index in [0.717, 1.165) is 17.7 Å². The Kier molecular flexibility index (Phi) is 2.55. The lowest BCUT2D eigenvalue weighted by molar-refractivity contribution is 0.407. The zero-order valence-electron chi connectivity index (χ0n) is 10.3. The molecule has 0 saturated heterocycles. The number of aromatic nitrogens is 1. The van der Waals surface area contributed by atoms with Gasteiger partial charge >= 0.3 is 0 Å². The minimum absolute atomic E-state index is 0.0567. The molecule has 0 fully saturated rings. The molecule has 0 aliphatic heterocycles. The van der Waals surface area contributed by atoms with Gasteiger partial charge in [0, 0.05) is 5.56 Å². The molecule has 0 saturated carbocycles. The van der Waals surface area contributed by atoms with Crippen molar-refractivity contribution in [2.24, 2.45) is 5.41 Å². The molecule has 1 aliphatic rings. The third kappa shape index (κ3) is 2.45. The van der Waals surface area contributed by atoms with Crippen molar-refractivity contribution in [2.75, 3.05) is 0 Å². The van der Waals surface area contributed by atoms with Crippen LogP contribution in [0.15, 0.2) is 16.8 Å². The predicted octanol–water partition coefficient (Wildman–Crippen LogP) is 3.13. The summed E-state index contributed by atoms with van der Waals surface area (Å²) in [4.78, 5) is 0. The van der Waals surface area contributed by atoms with E-state index in [2.05, 4.69) is 49.3 Å². The molecule has 2 rings (SSSR count). The minimum Gasteiger partial charge on any atom is -0.357 e. The van der Waals surface area contributed by atoms with E-state index in [-0.39, 0.29) is 5.41 Å². The summed E-state index contributed by atoms with van der Waals surface area (Å²) in [6.45, 7) is 8.97. The third-order valence-electron chi connectivity index (χ3n) is 2.56. The summed E-state index contributed by atoms with van der Waals surface area (Å²) in [5.74, 6) is 4.31. The standard InChI is InChI=1S/C13H17NOSi/c1-13(7-8-16(2,3)4)6-5-12-11(9-13)10-14-15-12/h5-6,10H,9H2,1-4H3/t13-/m0/s1. The van der Waals surface area contributed by atoms with Gasteiger partial charge in [-0.05, 0) is 19.4 Å². The SMILES string of the molecule is C[C@@]1(C#C[Si](C)(C)C)C=Cc2oncc2C1. The van der Waals surface area contributed by atoms with Crippen LogP contribution in [0.4, 0.5) is 0 Å². The second-order valence-electron chi connectivity index (χ2n) is 5.64. The van der Waals surface area contributed by atoms with Crippen molar-refractivity contribution in [1.29, 1.82) is 0 Å². The van der Waals surface area contributed by atoms with Crippen LogP contribution in [0.25, 0.3) is 6.08 Å². The van der Waals surface area contributed by atoms with Gasteiger partial charge in [0.25, 0.3) is 0 Å². The molecule has 0 unspecified atom stereocenters. The maximum Gasteiger partial charge on any atom is 0.162 e. The summed E-state index contributed by atoms with van der Waals surface area (Å²) in [7, 11) is -1.30. The molecule has 1 atom stereocenters. The first-order valence-electron chi connectivity index (χ1n) is 5.55. The molecule has 84 valence electrons. The highest BCUT2D eigenvalue weighted by Crippen LogP contribution is 2.31. The van der Waals surface area contributed by atoms with Crippen LogP contribution in [0.3, 0.4) is 0 Å². The van der Waals surface area contributed by atoms with Crippen LogP contribution in [-0.2, 0) is 6.42 Å². The second kappa shape index (κ2) is 3.64. The summed E-state index contributed by atoms with van der Waals surface area (Å²) in [6, 6.07) is 0. The van der Waals surface area contributed by atoms with Crippen molar-refractivity contribution in [1.82, 2.24) is 5.16 Å². The molecule has 0 amide bonds. The number of fused-ring (bicyclic) bond motifs is 1. The molecule has 0 N–H and O–H groups in total. The van der Waals surface area contributed by atoms with Gasteiger partial charge in [0.05, 0.1) is 11.6 Å². The Morgan fingerprint density at radius 3 is 2.88 bits per heavy atom. The Balaban J connectivity index is 2.26. The highest BCUT2D eigenvalue weighted by molar-refractivity contribution is 6.83. The summed E-state index contributed by atoms with van der Waals surface area (Å²) >= 11 is 0. The van der Waals surface area contributed by atoms with E-state index in [9.17, 15) is 0 Å². The summed E-state index contributed by atoms with van der Waals surface area (Å²) in [5.41, 5.74) is 4.55. The highest BCUT2D eigenvalue weighted by Gasteiger charge is 2.26. The van der Waals surface area contributed by atoms with Crippen molar-refractivity contribution in [3.05, 3.63) is 23.6 Å². The first-order chi connectivity index (χ1) is 7.38. The van der Waals surface area contributed by atoms with Gasteiger partial charge in [-0.3, -0.25) is 0 Å². The predicted molar refractivity (Wildman–Crippen MR) is 68.5 cm³/mol. The zero-order chi connectivity index (χ0) is 11.8. The highest BCUT2D eigenvalue weighted by atomic mass is 28.3. The Hall–Kier alpha value is -1.27.